The summed E-state index contributed by atoms with van der Waals surface area (Å²) in [5.74, 6) is -8.05. The number of methoxy groups -OCH3 is 1. The third-order valence-corrected chi connectivity index (χ3v) is 12.6. The predicted octanol–water partition coefficient (Wildman–Crippen LogP) is 7.09. The number of unbranched alkanes of at least 4 members (excludes halogenated alkanes) is 2. The van der Waals surface area contributed by atoms with E-state index in [4.69, 9.17) is 23.7 Å². The number of likely N-dealkylation sites (N-methyl/N-ethyl adjacent to an activating group) is 1. The fraction of sp³-hybridized carbons (Fsp3) is 0.592. The van der Waals surface area contributed by atoms with Gasteiger partial charge in [-0.05, 0) is 39.7 Å². The molecule has 5 N–H and O–H groups in total. The minimum absolute atomic E-state index is 0.0558. The Morgan fingerprint density at radius 1 is 0.908 bits per heavy atom. The van der Waals surface area contributed by atoms with Gasteiger partial charge in [0.15, 0.2) is 12.4 Å². The monoisotopic (exact) mass is 909 g/mol. The first kappa shape index (κ1) is 52.5. The fourth-order valence-corrected chi connectivity index (χ4v) is 8.53. The van der Waals surface area contributed by atoms with Gasteiger partial charge in [0, 0.05) is 86.9 Å². The summed E-state index contributed by atoms with van der Waals surface area (Å²) in [5.41, 5.74) is -0.00224. The molecule has 2 amide bonds. The topological polar surface area (TPSA) is 214 Å². The summed E-state index contributed by atoms with van der Waals surface area (Å²) in [5, 5.41) is 52.6. The molecule has 3 aliphatic heterocycles. The van der Waals surface area contributed by atoms with Crippen molar-refractivity contribution in [3.05, 3.63) is 53.3 Å². The van der Waals surface area contributed by atoms with Crippen molar-refractivity contribution in [1.82, 2.24) is 10.0 Å². The maximum absolute atomic E-state index is 14.7. The van der Waals surface area contributed by atoms with Gasteiger partial charge in [-0.2, -0.15) is 0 Å². The number of aliphatic hydroxyl groups is 2. The second-order valence-corrected chi connectivity index (χ2v) is 17.5. The van der Waals surface area contributed by atoms with Crippen LogP contribution < -0.4 is 14.8 Å². The second kappa shape index (κ2) is 22.8. The number of ketones is 1. The number of allylic oxidation sites excluding steroid dienone is 2. The maximum atomic E-state index is 14.7. The molecule has 9 atom stereocenters. The molecular formula is C49H71N3O13. The summed E-state index contributed by atoms with van der Waals surface area (Å²) in [7, 11) is 1.44. The van der Waals surface area contributed by atoms with Crippen LogP contribution >= 0.6 is 0 Å². The van der Waals surface area contributed by atoms with Crippen molar-refractivity contribution in [3.8, 4) is 23.0 Å². The van der Waals surface area contributed by atoms with Crippen molar-refractivity contribution in [1.29, 1.82) is 0 Å². The Balaban J connectivity index is 1.92. The number of esters is 1. The number of amides is 2. The lowest BCUT2D eigenvalue weighted by molar-refractivity contribution is -0.160. The highest BCUT2D eigenvalue weighted by molar-refractivity contribution is 6.21. The van der Waals surface area contributed by atoms with Crippen LogP contribution in [0.5, 0.6) is 23.0 Å². The third kappa shape index (κ3) is 11.6. The molecule has 65 heavy (non-hydrogen) atoms. The van der Waals surface area contributed by atoms with Crippen LogP contribution in [-0.2, 0) is 28.6 Å². The Morgan fingerprint density at radius 2 is 1.55 bits per heavy atom. The number of hydrogen-bond donors (Lipinski definition) is 5. The van der Waals surface area contributed by atoms with Crippen molar-refractivity contribution in [2.45, 2.75) is 132 Å². The lowest BCUT2D eigenvalue weighted by atomic mass is 9.78. The molecule has 5 bridgehead atoms. The number of phenols is 2. The Labute approximate surface area is 383 Å². The van der Waals surface area contributed by atoms with E-state index in [1.807, 2.05) is 11.9 Å². The van der Waals surface area contributed by atoms with Crippen LogP contribution in [0.1, 0.15) is 111 Å². The molecular weight excluding hydrogens is 839 g/mol. The molecule has 0 aromatic heterocycles. The van der Waals surface area contributed by atoms with Gasteiger partial charge < -0.3 is 49.4 Å². The number of fused-ring (bicyclic) bond motifs is 14. The fourth-order valence-electron chi connectivity index (χ4n) is 8.53. The van der Waals surface area contributed by atoms with Crippen LogP contribution in [0.2, 0.25) is 0 Å². The van der Waals surface area contributed by atoms with Crippen molar-refractivity contribution >= 4 is 40.0 Å². The number of ether oxygens (including phenoxy) is 5. The molecule has 2 aromatic rings. The summed E-state index contributed by atoms with van der Waals surface area (Å²) < 4.78 is 30.1. The lowest BCUT2D eigenvalue weighted by Crippen LogP contribution is -2.49. The number of hydrazine groups is 1. The van der Waals surface area contributed by atoms with E-state index < -0.39 is 89.6 Å². The van der Waals surface area contributed by atoms with Crippen molar-refractivity contribution in [3.63, 3.8) is 0 Å². The molecule has 0 aliphatic carbocycles. The maximum Gasteiger partial charge on any atom is 0.312 e. The minimum Gasteiger partial charge on any atom is -0.507 e. The summed E-state index contributed by atoms with van der Waals surface area (Å²) in [6, 6.07) is 1.29. The molecule has 360 valence electrons. The largest absolute Gasteiger partial charge is 0.507 e. The van der Waals surface area contributed by atoms with Gasteiger partial charge in [0.2, 0.25) is 0 Å². The van der Waals surface area contributed by atoms with Crippen molar-refractivity contribution in [2.75, 3.05) is 38.7 Å². The molecule has 2 aromatic carbocycles. The van der Waals surface area contributed by atoms with Gasteiger partial charge in [0.25, 0.3) is 17.6 Å². The first-order valence-electron chi connectivity index (χ1n) is 22.7. The standard InChI is InChI=1S/C49H71N3O13/c1-13-16-22-51(23-17-14-2)52(15-3)37(54)26-62-36-25-34-44(58)39-38(36)40-46(32(9)43(39)57)65-49(11,47(40)59)63-24-21-35(61-12)29(6)45(64-33(10)53)31(8)42(56)30(7)41(55)27(4)19-18-20-28(5)48(60)50-34/h18-21,24-25,27,29-31,35,41-42,45,55-58H,13-17,22-23,26H2,1-12H3,(H,50,60). The Morgan fingerprint density at radius 3 is 2.14 bits per heavy atom. The second-order valence-electron chi connectivity index (χ2n) is 17.5. The number of nitrogens with zero attached hydrogens (tertiary/aromatic N) is 2. The zero-order chi connectivity index (χ0) is 48.5. The molecule has 0 spiro atoms. The van der Waals surface area contributed by atoms with Crippen molar-refractivity contribution in [2.24, 2.45) is 23.7 Å². The number of aliphatic hydroxyl groups excluding tert-OH is 2. The van der Waals surface area contributed by atoms with Crippen LogP contribution in [0.3, 0.4) is 0 Å². The molecule has 5 rings (SSSR count). The number of phenolic OH excluding ortho intramolecular Hbond substituents is 2. The van der Waals surface area contributed by atoms with E-state index in [0.29, 0.717) is 19.6 Å². The summed E-state index contributed by atoms with van der Waals surface area (Å²) in [4.78, 5) is 54.8. The van der Waals surface area contributed by atoms with E-state index in [-0.39, 0.29) is 50.6 Å². The molecule has 0 radical (unpaired) electrons. The number of carbonyl (C=O) groups is 4. The smallest absolute Gasteiger partial charge is 0.312 e. The summed E-state index contributed by atoms with van der Waals surface area (Å²) in [6.07, 6.45) is 7.23. The van der Waals surface area contributed by atoms with E-state index in [1.54, 1.807) is 51.8 Å². The van der Waals surface area contributed by atoms with E-state index in [2.05, 4.69) is 19.2 Å². The van der Waals surface area contributed by atoms with Crippen LogP contribution in [-0.4, -0.2) is 118 Å². The number of aromatic hydroxyl groups is 2. The van der Waals surface area contributed by atoms with Crippen LogP contribution in [0, 0.1) is 30.6 Å². The molecule has 0 fully saturated rings. The van der Waals surface area contributed by atoms with Gasteiger partial charge in [-0.25, -0.2) is 5.01 Å². The van der Waals surface area contributed by atoms with Gasteiger partial charge in [-0.1, -0.05) is 72.6 Å². The molecule has 0 saturated heterocycles. The average molecular weight is 910 g/mol. The Kier molecular flexibility index (Phi) is 18.4. The zero-order valence-corrected chi connectivity index (χ0v) is 40.1. The summed E-state index contributed by atoms with van der Waals surface area (Å²) in [6.45, 7) is 19.8. The normalized spacial score (nSPS) is 26.5. The zero-order valence-electron chi connectivity index (χ0n) is 40.1. The van der Waals surface area contributed by atoms with E-state index in [0.717, 1.165) is 25.7 Å². The molecule has 16 heteroatoms. The number of carbonyl (C=O) groups excluding carboxylic acids is 4. The number of nitrogens with one attached hydrogen (secondary N) is 1. The van der Waals surface area contributed by atoms with E-state index >= 15 is 0 Å². The van der Waals surface area contributed by atoms with Gasteiger partial charge in [-0.3, -0.25) is 24.2 Å². The first-order valence-corrected chi connectivity index (χ1v) is 22.7. The highest BCUT2D eigenvalue weighted by Crippen LogP contribution is 2.54. The highest BCUT2D eigenvalue weighted by atomic mass is 16.7. The number of rotatable bonds is 13. The predicted molar refractivity (Wildman–Crippen MR) is 246 cm³/mol. The van der Waals surface area contributed by atoms with Gasteiger partial charge in [0.05, 0.1) is 41.2 Å². The first-order chi connectivity index (χ1) is 30.7. The number of hydrogen-bond acceptors (Lipinski definition) is 14. The number of benzene rings is 2. The number of Topliss-reactive ketones (excluding diaryl/α,β-unsaturated/α-hetero) is 1. The quantitative estimate of drug-likeness (QED) is 0.0771. The van der Waals surface area contributed by atoms with Gasteiger partial charge in [0.1, 0.15) is 23.4 Å². The van der Waals surface area contributed by atoms with Crippen LogP contribution in [0.25, 0.3) is 10.8 Å². The van der Waals surface area contributed by atoms with Crippen LogP contribution in [0.15, 0.2) is 42.2 Å². The van der Waals surface area contributed by atoms with Gasteiger partial charge >= 0.3 is 11.8 Å². The number of anilines is 1. The highest BCUT2D eigenvalue weighted by Gasteiger charge is 2.50. The van der Waals surface area contributed by atoms with Crippen molar-refractivity contribution < 1.29 is 63.3 Å². The lowest BCUT2D eigenvalue weighted by Gasteiger charge is -2.38. The molecule has 0 saturated carbocycles. The van der Waals surface area contributed by atoms with Gasteiger partial charge in [-0.15, -0.1) is 0 Å². The van der Waals surface area contributed by atoms with E-state index in [1.165, 1.54) is 52.4 Å². The average Bonchev–Trinajstić information content (AvgIpc) is 3.54. The Hall–Kier alpha value is -5.16. The van der Waals surface area contributed by atoms with Crippen LogP contribution in [0.4, 0.5) is 5.69 Å². The minimum atomic E-state index is -2.04. The Bertz CT molecular complexity index is 2130. The summed E-state index contributed by atoms with van der Waals surface area (Å²) >= 11 is 0. The molecule has 3 aliphatic rings. The third-order valence-electron chi connectivity index (χ3n) is 12.6. The van der Waals surface area contributed by atoms with E-state index in [9.17, 15) is 39.6 Å². The molecule has 3 heterocycles. The molecule has 16 nitrogen and oxygen atoms in total. The molecule has 9 unspecified atom stereocenters. The SMILES string of the molecule is CCCCN(CCCC)N(CC)C(=O)COc1cc2c(O)c3c(O)c(C)c4c(c13)C(=O)C(C)(OC=CC(OC)C(C)C(OC(C)=O)C(C)C(O)C(C)C(O)C(C)C=CC=C(C)C(=O)N2)O4.